The molecular formula is C21H19ClN2O4. The molecule has 4 heterocycles. The Bertz CT molecular complexity index is 940. The first kappa shape index (κ1) is 17.5. The van der Waals surface area contributed by atoms with E-state index in [2.05, 4.69) is 5.32 Å². The van der Waals surface area contributed by atoms with Gasteiger partial charge in [0.2, 0.25) is 11.8 Å². The van der Waals surface area contributed by atoms with Crippen LogP contribution in [0.1, 0.15) is 11.3 Å². The number of rotatable bonds is 5. The van der Waals surface area contributed by atoms with Crippen molar-refractivity contribution in [2.75, 3.05) is 6.54 Å². The number of hydrogen-bond donors (Lipinski definition) is 1. The highest BCUT2D eigenvalue weighted by Crippen LogP contribution is 2.52. The summed E-state index contributed by atoms with van der Waals surface area (Å²) in [5.41, 5.74) is 0.237. The average Bonchev–Trinajstić information content (AvgIpc) is 3.45. The molecule has 1 aromatic heterocycles. The third-order valence-electron chi connectivity index (χ3n) is 5.79. The van der Waals surface area contributed by atoms with Gasteiger partial charge in [0.05, 0.1) is 37.3 Å². The molecule has 7 heteroatoms. The van der Waals surface area contributed by atoms with E-state index in [9.17, 15) is 9.59 Å². The smallest absolute Gasteiger partial charge is 0.230 e. The fourth-order valence-corrected chi connectivity index (χ4v) is 4.64. The van der Waals surface area contributed by atoms with E-state index in [1.165, 1.54) is 0 Å². The minimum absolute atomic E-state index is 0.0603. The number of likely N-dealkylation sites (tertiary alicyclic amines) is 1. The Morgan fingerprint density at radius 3 is 2.86 bits per heavy atom. The number of nitrogens with zero attached hydrogens (tertiary/aromatic N) is 1. The number of amides is 2. The number of halogens is 1. The van der Waals surface area contributed by atoms with Gasteiger partial charge in [0.15, 0.2) is 0 Å². The zero-order valence-corrected chi connectivity index (χ0v) is 15.8. The first-order valence-electron chi connectivity index (χ1n) is 9.26. The molecule has 5 rings (SSSR count). The van der Waals surface area contributed by atoms with Gasteiger partial charge in [-0.25, -0.2) is 0 Å². The van der Waals surface area contributed by atoms with Crippen LogP contribution >= 0.6 is 11.6 Å². The lowest BCUT2D eigenvalue weighted by Gasteiger charge is -2.23. The zero-order valence-electron chi connectivity index (χ0n) is 15.0. The SMILES string of the molecule is O=C(NCc1ccc(Cl)cc1)[C@@H]1[C@H]2C=C[C@@]3(CN(Cc4ccco4)C(=O)[C@@H]13)O2. The van der Waals surface area contributed by atoms with E-state index in [-0.39, 0.29) is 17.9 Å². The molecule has 0 radical (unpaired) electrons. The predicted molar refractivity (Wildman–Crippen MR) is 101 cm³/mol. The van der Waals surface area contributed by atoms with Gasteiger partial charge >= 0.3 is 0 Å². The summed E-state index contributed by atoms with van der Waals surface area (Å²) >= 11 is 5.90. The van der Waals surface area contributed by atoms with E-state index >= 15 is 0 Å². The van der Waals surface area contributed by atoms with Gasteiger partial charge in [-0.3, -0.25) is 9.59 Å². The molecule has 2 aromatic rings. The third kappa shape index (κ3) is 2.75. The molecule has 4 atom stereocenters. The monoisotopic (exact) mass is 398 g/mol. The van der Waals surface area contributed by atoms with E-state index < -0.39 is 17.4 Å². The van der Waals surface area contributed by atoms with Gasteiger partial charge in [0.25, 0.3) is 0 Å². The maximum atomic E-state index is 13.1. The molecule has 1 spiro atoms. The van der Waals surface area contributed by atoms with E-state index in [0.29, 0.717) is 30.4 Å². The number of hydrogen-bond acceptors (Lipinski definition) is 4. The molecule has 1 N–H and O–H groups in total. The molecular weight excluding hydrogens is 380 g/mol. The molecule has 3 aliphatic heterocycles. The van der Waals surface area contributed by atoms with Crippen molar-refractivity contribution in [2.24, 2.45) is 11.8 Å². The number of ether oxygens (including phenoxy) is 1. The molecule has 3 aliphatic rings. The van der Waals surface area contributed by atoms with Crippen molar-refractivity contribution < 1.29 is 18.7 Å². The van der Waals surface area contributed by atoms with Gasteiger partial charge in [0.1, 0.15) is 11.4 Å². The maximum absolute atomic E-state index is 13.1. The van der Waals surface area contributed by atoms with Crippen molar-refractivity contribution in [3.05, 3.63) is 71.2 Å². The third-order valence-corrected chi connectivity index (χ3v) is 6.04. The largest absolute Gasteiger partial charge is 0.467 e. The molecule has 0 unspecified atom stereocenters. The summed E-state index contributed by atoms with van der Waals surface area (Å²) in [7, 11) is 0. The highest BCUT2D eigenvalue weighted by molar-refractivity contribution is 6.30. The van der Waals surface area contributed by atoms with Gasteiger partial charge in [-0.05, 0) is 29.8 Å². The van der Waals surface area contributed by atoms with Crippen molar-refractivity contribution >= 4 is 23.4 Å². The molecule has 1 aromatic carbocycles. The van der Waals surface area contributed by atoms with Crippen LogP contribution in [-0.2, 0) is 27.4 Å². The first-order valence-corrected chi connectivity index (χ1v) is 9.64. The van der Waals surface area contributed by atoms with Crippen molar-refractivity contribution in [3.63, 3.8) is 0 Å². The van der Waals surface area contributed by atoms with Gasteiger partial charge in [-0.15, -0.1) is 0 Å². The quantitative estimate of drug-likeness (QED) is 0.785. The minimum atomic E-state index is -0.712. The second-order valence-electron chi connectivity index (χ2n) is 7.52. The predicted octanol–water partition coefficient (Wildman–Crippen LogP) is 2.53. The summed E-state index contributed by atoms with van der Waals surface area (Å²) in [6.45, 7) is 1.20. The van der Waals surface area contributed by atoms with Gasteiger partial charge < -0.3 is 19.4 Å². The van der Waals surface area contributed by atoms with E-state index in [4.69, 9.17) is 20.8 Å². The fraction of sp³-hybridized carbons (Fsp3) is 0.333. The lowest BCUT2D eigenvalue weighted by Crippen LogP contribution is -2.43. The summed E-state index contributed by atoms with van der Waals surface area (Å²) < 4.78 is 11.5. The summed E-state index contributed by atoms with van der Waals surface area (Å²) in [6.07, 6.45) is 5.09. The van der Waals surface area contributed by atoms with Crippen LogP contribution in [0, 0.1) is 11.8 Å². The van der Waals surface area contributed by atoms with Crippen LogP contribution in [0.15, 0.2) is 59.2 Å². The van der Waals surface area contributed by atoms with Crippen molar-refractivity contribution in [2.45, 2.75) is 24.8 Å². The normalized spacial score (nSPS) is 30.1. The van der Waals surface area contributed by atoms with Crippen LogP contribution in [0.5, 0.6) is 0 Å². The Morgan fingerprint density at radius 1 is 1.29 bits per heavy atom. The highest BCUT2D eigenvalue weighted by atomic mass is 35.5. The Kier molecular flexibility index (Phi) is 4.07. The number of nitrogens with one attached hydrogen (secondary N) is 1. The van der Waals surface area contributed by atoms with Crippen LogP contribution in [0.2, 0.25) is 5.02 Å². The fourth-order valence-electron chi connectivity index (χ4n) is 4.51. The number of fused-ring (bicyclic) bond motifs is 1. The molecule has 0 saturated carbocycles. The molecule has 2 fully saturated rings. The summed E-state index contributed by atoms with van der Waals surface area (Å²) in [4.78, 5) is 27.8. The topological polar surface area (TPSA) is 71.8 Å². The summed E-state index contributed by atoms with van der Waals surface area (Å²) in [5.74, 6) is -0.527. The van der Waals surface area contributed by atoms with E-state index in [1.807, 2.05) is 30.4 Å². The first-order chi connectivity index (χ1) is 13.6. The zero-order chi connectivity index (χ0) is 19.3. The minimum Gasteiger partial charge on any atom is -0.467 e. The van der Waals surface area contributed by atoms with Crippen LogP contribution in [-0.4, -0.2) is 35.0 Å². The van der Waals surface area contributed by atoms with Crippen LogP contribution in [0.4, 0.5) is 0 Å². The maximum Gasteiger partial charge on any atom is 0.230 e. The Morgan fingerprint density at radius 2 is 2.11 bits per heavy atom. The highest BCUT2D eigenvalue weighted by Gasteiger charge is 2.66. The molecule has 0 aliphatic carbocycles. The lowest BCUT2D eigenvalue weighted by molar-refractivity contribution is -0.138. The van der Waals surface area contributed by atoms with Crippen molar-refractivity contribution in [3.8, 4) is 0 Å². The Labute approximate surface area is 167 Å². The van der Waals surface area contributed by atoms with Crippen molar-refractivity contribution in [1.82, 2.24) is 10.2 Å². The Hall–Kier alpha value is -2.57. The van der Waals surface area contributed by atoms with Crippen LogP contribution in [0.3, 0.4) is 0 Å². The van der Waals surface area contributed by atoms with Crippen molar-refractivity contribution in [1.29, 1.82) is 0 Å². The Balaban J connectivity index is 1.32. The average molecular weight is 399 g/mol. The summed E-state index contributed by atoms with van der Waals surface area (Å²) in [6, 6.07) is 10.9. The standard InChI is InChI=1S/C21H19ClN2O4/c22-14-5-3-13(4-6-14)10-23-19(25)17-16-7-8-21(28-16)12-24(20(26)18(17)21)11-15-2-1-9-27-15/h1-9,16-18H,10-12H2,(H,23,25)/t16-,17-,18-,21+/m1/s1. The molecule has 2 saturated heterocycles. The summed E-state index contributed by atoms with van der Waals surface area (Å²) in [5, 5.41) is 3.60. The number of carbonyl (C=O) groups is 2. The number of benzene rings is 1. The number of carbonyl (C=O) groups excluding carboxylic acids is 2. The lowest BCUT2D eigenvalue weighted by atomic mass is 9.77. The molecule has 2 bridgehead atoms. The van der Waals surface area contributed by atoms with Crippen LogP contribution < -0.4 is 5.32 Å². The van der Waals surface area contributed by atoms with E-state index in [1.54, 1.807) is 29.4 Å². The molecule has 28 heavy (non-hydrogen) atoms. The van der Waals surface area contributed by atoms with Gasteiger partial charge in [-0.2, -0.15) is 0 Å². The second-order valence-corrected chi connectivity index (χ2v) is 7.95. The molecule has 6 nitrogen and oxygen atoms in total. The number of furan rings is 1. The van der Waals surface area contributed by atoms with Crippen LogP contribution in [0.25, 0.3) is 0 Å². The molecule has 2 amide bonds. The molecule has 144 valence electrons. The van der Waals surface area contributed by atoms with E-state index in [0.717, 1.165) is 5.56 Å². The van der Waals surface area contributed by atoms with Gasteiger partial charge in [-0.1, -0.05) is 35.9 Å². The second kappa shape index (κ2) is 6.50. The van der Waals surface area contributed by atoms with Gasteiger partial charge in [0, 0.05) is 11.6 Å².